The summed E-state index contributed by atoms with van der Waals surface area (Å²) in [6, 6.07) is 15.1. The van der Waals surface area contributed by atoms with Crippen molar-refractivity contribution in [1.29, 1.82) is 0 Å². The number of ether oxygens (including phenoxy) is 2. The highest BCUT2D eigenvalue weighted by atomic mass is 16.5. The van der Waals surface area contributed by atoms with Crippen molar-refractivity contribution in [3.63, 3.8) is 0 Å². The monoisotopic (exact) mass is 287 g/mol. The predicted molar refractivity (Wildman–Crippen MR) is 87.7 cm³/mol. The van der Waals surface area contributed by atoms with Crippen molar-refractivity contribution in [3.05, 3.63) is 48.0 Å². The van der Waals surface area contributed by atoms with E-state index in [4.69, 9.17) is 9.47 Å². The summed E-state index contributed by atoms with van der Waals surface area (Å²) in [6.45, 7) is 5.98. The van der Waals surface area contributed by atoms with Crippen LogP contribution in [0.3, 0.4) is 0 Å². The molecule has 0 saturated heterocycles. The van der Waals surface area contributed by atoms with E-state index in [9.17, 15) is 0 Å². The quantitative estimate of drug-likeness (QED) is 0.753. The zero-order valence-corrected chi connectivity index (χ0v) is 13.1. The lowest BCUT2D eigenvalue weighted by Gasteiger charge is -2.19. The van der Waals surface area contributed by atoms with E-state index in [1.165, 1.54) is 16.3 Å². The number of nitrogens with one attached hydrogen (secondary N) is 1. The van der Waals surface area contributed by atoms with Gasteiger partial charge in [-0.05, 0) is 37.2 Å². The number of benzene rings is 2. The third-order valence-electron chi connectivity index (χ3n) is 3.51. The first kappa shape index (κ1) is 16.0. The van der Waals surface area contributed by atoms with Crippen LogP contribution < -0.4 is 5.32 Å². The molecular weight excluding hydrogens is 262 g/mol. The zero-order valence-electron chi connectivity index (χ0n) is 13.1. The van der Waals surface area contributed by atoms with Gasteiger partial charge in [0.2, 0.25) is 0 Å². The van der Waals surface area contributed by atoms with Crippen molar-refractivity contribution in [2.75, 3.05) is 26.9 Å². The fourth-order valence-corrected chi connectivity index (χ4v) is 2.43. The molecule has 21 heavy (non-hydrogen) atoms. The van der Waals surface area contributed by atoms with Crippen molar-refractivity contribution in [3.8, 4) is 0 Å². The molecule has 1 unspecified atom stereocenters. The summed E-state index contributed by atoms with van der Waals surface area (Å²) in [5, 5.41) is 5.89. The normalized spacial score (nSPS) is 13.0. The van der Waals surface area contributed by atoms with Gasteiger partial charge in [0, 0.05) is 0 Å². The van der Waals surface area contributed by atoms with Gasteiger partial charge in [-0.25, -0.2) is 0 Å². The number of rotatable bonds is 8. The van der Waals surface area contributed by atoms with Crippen LogP contribution in [0.5, 0.6) is 0 Å². The third-order valence-corrected chi connectivity index (χ3v) is 3.51. The standard InChI is InChI=1S/C18H25NO2/c1-14(2)21-12-11-20-13-18(19-3)17-10-6-8-15-7-4-5-9-16(15)17/h4-10,14,18-19H,11-13H2,1-3H3. The van der Waals surface area contributed by atoms with Gasteiger partial charge in [-0.15, -0.1) is 0 Å². The van der Waals surface area contributed by atoms with E-state index in [0.717, 1.165) is 0 Å². The molecule has 3 nitrogen and oxygen atoms in total. The predicted octanol–water partition coefficient (Wildman–Crippen LogP) is 3.54. The Kier molecular flexibility index (Phi) is 6.18. The number of hydrogen-bond acceptors (Lipinski definition) is 3. The molecule has 0 heterocycles. The van der Waals surface area contributed by atoms with Crippen LogP contribution in [0.25, 0.3) is 10.8 Å². The lowest BCUT2D eigenvalue weighted by molar-refractivity contribution is 0.0143. The summed E-state index contributed by atoms with van der Waals surface area (Å²) in [4.78, 5) is 0. The number of likely N-dealkylation sites (N-methyl/N-ethyl adjacent to an activating group) is 1. The lowest BCUT2D eigenvalue weighted by atomic mass is 9.99. The Balaban J connectivity index is 1.99. The smallest absolute Gasteiger partial charge is 0.0703 e. The summed E-state index contributed by atoms with van der Waals surface area (Å²) < 4.78 is 11.2. The molecular formula is C18H25NO2. The average Bonchev–Trinajstić information content (AvgIpc) is 2.50. The summed E-state index contributed by atoms with van der Waals surface area (Å²) in [5.74, 6) is 0. The van der Waals surface area contributed by atoms with E-state index in [0.29, 0.717) is 19.8 Å². The van der Waals surface area contributed by atoms with Crippen LogP contribution in [-0.4, -0.2) is 33.0 Å². The van der Waals surface area contributed by atoms with E-state index in [-0.39, 0.29) is 12.1 Å². The second-order valence-corrected chi connectivity index (χ2v) is 5.40. The molecule has 0 bridgehead atoms. The van der Waals surface area contributed by atoms with Crippen LogP contribution in [-0.2, 0) is 9.47 Å². The molecule has 0 fully saturated rings. The van der Waals surface area contributed by atoms with Crippen LogP contribution in [0, 0.1) is 0 Å². The second-order valence-electron chi connectivity index (χ2n) is 5.40. The van der Waals surface area contributed by atoms with Gasteiger partial charge in [0.25, 0.3) is 0 Å². The molecule has 0 spiro atoms. The average molecular weight is 287 g/mol. The summed E-state index contributed by atoms with van der Waals surface area (Å²) in [6.07, 6.45) is 0.256. The highest BCUT2D eigenvalue weighted by Crippen LogP contribution is 2.24. The first-order valence-corrected chi connectivity index (χ1v) is 7.56. The number of fused-ring (bicyclic) bond motifs is 1. The zero-order chi connectivity index (χ0) is 15.1. The summed E-state index contributed by atoms with van der Waals surface area (Å²) >= 11 is 0. The Bertz CT molecular complexity index is 548. The molecule has 2 rings (SSSR count). The van der Waals surface area contributed by atoms with E-state index in [1.807, 2.05) is 20.9 Å². The minimum Gasteiger partial charge on any atom is -0.377 e. The molecule has 0 saturated carbocycles. The molecule has 0 radical (unpaired) electrons. The summed E-state index contributed by atoms with van der Waals surface area (Å²) in [7, 11) is 1.97. The fourth-order valence-electron chi connectivity index (χ4n) is 2.43. The van der Waals surface area contributed by atoms with E-state index in [1.54, 1.807) is 0 Å². The van der Waals surface area contributed by atoms with Crippen molar-refractivity contribution < 1.29 is 9.47 Å². The van der Waals surface area contributed by atoms with E-state index in [2.05, 4.69) is 47.8 Å². The van der Waals surface area contributed by atoms with E-state index < -0.39 is 0 Å². The van der Waals surface area contributed by atoms with Gasteiger partial charge in [-0.2, -0.15) is 0 Å². The molecule has 0 aliphatic heterocycles. The van der Waals surface area contributed by atoms with Crippen LogP contribution in [0.15, 0.2) is 42.5 Å². The highest BCUT2D eigenvalue weighted by molar-refractivity contribution is 5.86. The van der Waals surface area contributed by atoms with Gasteiger partial charge < -0.3 is 14.8 Å². The molecule has 0 aliphatic carbocycles. The Morgan fingerprint density at radius 3 is 2.52 bits per heavy atom. The van der Waals surface area contributed by atoms with Crippen molar-refractivity contribution >= 4 is 10.8 Å². The molecule has 3 heteroatoms. The Labute approximate surface area is 127 Å². The minimum atomic E-state index is 0.190. The Hall–Kier alpha value is -1.42. The summed E-state index contributed by atoms with van der Waals surface area (Å²) in [5.41, 5.74) is 1.28. The maximum atomic E-state index is 5.75. The van der Waals surface area contributed by atoms with Crippen molar-refractivity contribution in [2.45, 2.75) is 26.0 Å². The molecule has 0 amide bonds. The van der Waals surface area contributed by atoms with Gasteiger partial charge in [0.15, 0.2) is 0 Å². The molecule has 0 aromatic heterocycles. The molecule has 114 valence electrons. The lowest BCUT2D eigenvalue weighted by Crippen LogP contribution is -2.23. The minimum absolute atomic E-state index is 0.190. The Morgan fingerprint density at radius 2 is 1.76 bits per heavy atom. The van der Waals surface area contributed by atoms with Crippen LogP contribution in [0.2, 0.25) is 0 Å². The first-order valence-electron chi connectivity index (χ1n) is 7.56. The third kappa shape index (κ3) is 4.53. The molecule has 1 N–H and O–H groups in total. The second kappa shape index (κ2) is 8.13. The molecule has 1 atom stereocenters. The van der Waals surface area contributed by atoms with Gasteiger partial charge in [-0.3, -0.25) is 0 Å². The van der Waals surface area contributed by atoms with Gasteiger partial charge >= 0.3 is 0 Å². The maximum absolute atomic E-state index is 5.75. The van der Waals surface area contributed by atoms with Crippen LogP contribution in [0.1, 0.15) is 25.5 Å². The molecule has 0 aliphatic rings. The SMILES string of the molecule is CNC(COCCOC(C)C)c1cccc2ccccc12. The number of hydrogen-bond donors (Lipinski definition) is 1. The molecule has 2 aromatic rings. The molecule has 2 aromatic carbocycles. The van der Waals surface area contributed by atoms with Crippen LogP contribution >= 0.6 is 0 Å². The van der Waals surface area contributed by atoms with Crippen molar-refractivity contribution in [1.82, 2.24) is 5.32 Å². The fraction of sp³-hybridized carbons (Fsp3) is 0.444. The van der Waals surface area contributed by atoms with Gasteiger partial charge in [0.1, 0.15) is 0 Å². The first-order chi connectivity index (χ1) is 10.2. The Morgan fingerprint density at radius 1 is 1.00 bits per heavy atom. The highest BCUT2D eigenvalue weighted by Gasteiger charge is 2.12. The van der Waals surface area contributed by atoms with Gasteiger partial charge in [0.05, 0.1) is 32.0 Å². The largest absolute Gasteiger partial charge is 0.377 e. The maximum Gasteiger partial charge on any atom is 0.0703 e. The van der Waals surface area contributed by atoms with Crippen molar-refractivity contribution in [2.24, 2.45) is 0 Å². The van der Waals surface area contributed by atoms with Crippen LogP contribution in [0.4, 0.5) is 0 Å². The van der Waals surface area contributed by atoms with E-state index >= 15 is 0 Å². The topological polar surface area (TPSA) is 30.5 Å². The van der Waals surface area contributed by atoms with Gasteiger partial charge in [-0.1, -0.05) is 42.5 Å².